The van der Waals surface area contributed by atoms with Gasteiger partial charge >= 0.3 is 12.0 Å². The standard InChI is InChI=1S/C13H16F2N2O5/c1-13(21,11(18)19)7-16-12(20)17-8-4-2-3-5-9(8)22-6-10(14)15/h2-5,10,21H,6-7H2,1H3,(H,18,19)(H2,16,17,20). The number of aliphatic hydroxyl groups is 1. The average molecular weight is 318 g/mol. The van der Waals surface area contributed by atoms with Crippen molar-refractivity contribution in [3.8, 4) is 5.75 Å². The second kappa shape index (κ2) is 7.55. The summed E-state index contributed by atoms with van der Waals surface area (Å²) >= 11 is 0. The molecule has 0 bridgehead atoms. The molecule has 9 heteroatoms. The lowest BCUT2D eigenvalue weighted by Gasteiger charge is -2.19. The summed E-state index contributed by atoms with van der Waals surface area (Å²) in [5, 5.41) is 22.6. The Morgan fingerprint density at radius 3 is 2.59 bits per heavy atom. The highest BCUT2D eigenvalue weighted by atomic mass is 19.3. The minimum atomic E-state index is -2.66. The van der Waals surface area contributed by atoms with E-state index in [0.29, 0.717) is 0 Å². The largest absolute Gasteiger partial charge is 0.485 e. The quantitative estimate of drug-likeness (QED) is 0.606. The lowest BCUT2D eigenvalue weighted by molar-refractivity contribution is -0.155. The van der Waals surface area contributed by atoms with E-state index in [4.69, 9.17) is 9.84 Å². The average Bonchev–Trinajstić information content (AvgIpc) is 2.44. The van der Waals surface area contributed by atoms with Gasteiger partial charge in [0, 0.05) is 0 Å². The first kappa shape index (κ1) is 17.6. The maximum absolute atomic E-state index is 12.1. The molecule has 0 fully saturated rings. The molecule has 122 valence electrons. The summed E-state index contributed by atoms with van der Waals surface area (Å²) in [6.07, 6.45) is -2.66. The zero-order valence-electron chi connectivity index (χ0n) is 11.7. The SMILES string of the molecule is CC(O)(CNC(=O)Nc1ccccc1OCC(F)F)C(=O)O. The second-order valence-electron chi connectivity index (χ2n) is 4.58. The van der Waals surface area contributed by atoms with Crippen molar-refractivity contribution in [1.82, 2.24) is 5.32 Å². The number of carboxylic acid groups (broad SMARTS) is 1. The van der Waals surface area contributed by atoms with Crippen LogP contribution in [0, 0.1) is 0 Å². The van der Waals surface area contributed by atoms with Crippen LogP contribution >= 0.6 is 0 Å². The third kappa shape index (κ3) is 5.52. The first-order valence-corrected chi connectivity index (χ1v) is 6.23. The van der Waals surface area contributed by atoms with E-state index in [0.717, 1.165) is 6.92 Å². The van der Waals surface area contributed by atoms with Crippen molar-refractivity contribution >= 4 is 17.7 Å². The number of amides is 2. The molecule has 2 amide bonds. The molecule has 22 heavy (non-hydrogen) atoms. The molecule has 0 heterocycles. The Morgan fingerprint density at radius 1 is 1.36 bits per heavy atom. The highest BCUT2D eigenvalue weighted by Gasteiger charge is 2.30. The summed E-state index contributed by atoms with van der Waals surface area (Å²) in [5.41, 5.74) is -1.99. The molecule has 1 aromatic rings. The van der Waals surface area contributed by atoms with E-state index in [2.05, 4.69) is 10.6 Å². The monoisotopic (exact) mass is 318 g/mol. The van der Waals surface area contributed by atoms with Gasteiger partial charge in [0.25, 0.3) is 6.43 Å². The number of para-hydroxylation sites is 2. The number of rotatable bonds is 7. The molecule has 1 atom stereocenters. The zero-order chi connectivity index (χ0) is 16.8. The summed E-state index contributed by atoms with van der Waals surface area (Å²) in [6, 6.07) is 5.10. The Bertz CT molecular complexity index is 537. The highest BCUT2D eigenvalue weighted by Crippen LogP contribution is 2.24. The van der Waals surface area contributed by atoms with Crippen LogP contribution in [0.4, 0.5) is 19.3 Å². The fourth-order valence-corrected chi connectivity index (χ4v) is 1.34. The molecule has 0 saturated carbocycles. The van der Waals surface area contributed by atoms with Crippen LogP contribution in [-0.4, -0.2) is 47.4 Å². The maximum Gasteiger partial charge on any atom is 0.337 e. The van der Waals surface area contributed by atoms with Gasteiger partial charge in [0.1, 0.15) is 12.4 Å². The van der Waals surface area contributed by atoms with E-state index < -0.39 is 37.2 Å². The van der Waals surface area contributed by atoms with E-state index in [1.807, 2.05) is 0 Å². The van der Waals surface area contributed by atoms with Crippen molar-refractivity contribution in [3.05, 3.63) is 24.3 Å². The molecule has 1 unspecified atom stereocenters. The van der Waals surface area contributed by atoms with Crippen LogP contribution in [0.5, 0.6) is 5.75 Å². The number of alkyl halides is 2. The number of anilines is 1. The van der Waals surface area contributed by atoms with Crippen molar-refractivity contribution in [1.29, 1.82) is 0 Å². The highest BCUT2D eigenvalue weighted by molar-refractivity contribution is 5.91. The van der Waals surface area contributed by atoms with Gasteiger partial charge in [-0.2, -0.15) is 0 Å². The van der Waals surface area contributed by atoms with Crippen molar-refractivity contribution in [3.63, 3.8) is 0 Å². The zero-order valence-corrected chi connectivity index (χ0v) is 11.7. The lowest BCUT2D eigenvalue weighted by Crippen LogP contribution is -2.47. The summed E-state index contributed by atoms with van der Waals surface area (Å²) in [5.74, 6) is -1.45. The Labute approximate surface area is 124 Å². The Hall–Kier alpha value is -2.42. The number of halogens is 2. The maximum atomic E-state index is 12.1. The predicted molar refractivity (Wildman–Crippen MR) is 73.2 cm³/mol. The first-order chi connectivity index (χ1) is 10.2. The van der Waals surface area contributed by atoms with Gasteiger partial charge < -0.3 is 25.6 Å². The lowest BCUT2D eigenvalue weighted by atomic mass is 10.1. The van der Waals surface area contributed by atoms with Gasteiger partial charge in [0.15, 0.2) is 5.60 Å². The van der Waals surface area contributed by atoms with Crippen molar-refractivity contribution < 1.29 is 33.3 Å². The van der Waals surface area contributed by atoms with E-state index in [1.165, 1.54) is 12.1 Å². The molecule has 4 N–H and O–H groups in total. The summed E-state index contributed by atoms with van der Waals surface area (Å²) < 4.78 is 29.1. The molecule has 0 spiro atoms. The Morgan fingerprint density at radius 2 is 2.00 bits per heavy atom. The first-order valence-electron chi connectivity index (χ1n) is 6.23. The minimum absolute atomic E-state index is 0.0444. The number of carbonyl (C=O) groups is 2. The molecule has 0 radical (unpaired) electrons. The number of urea groups is 1. The Kier molecular flexibility index (Phi) is 6.05. The van der Waals surface area contributed by atoms with E-state index in [9.17, 15) is 23.5 Å². The topological polar surface area (TPSA) is 108 Å². The molecular formula is C13H16F2N2O5. The van der Waals surface area contributed by atoms with E-state index >= 15 is 0 Å². The van der Waals surface area contributed by atoms with Crippen LogP contribution in [0.2, 0.25) is 0 Å². The minimum Gasteiger partial charge on any atom is -0.485 e. The number of benzene rings is 1. The predicted octanol–water partition coefficient (Wildman–Crippen LogP) is 1.29. The van der Waals surface area contributed by atoms with Gasteiger partial charge in [-0.15, -0.1) is 0 Å². The summed E-state index contributed by atoms with van der Waals surface area (Å²) in [4.78, 5) is 22.3. The number of nitrogens with one attached hydrogen (secondary N) is 2. The number of ether oxygens (including phenoxy) is 1. The third-order valence-corrected chi connectivity index (χ3v) is 2.55. The van der Waals surface area contributed by atoms with Gasteiger partial charge in [-0.25, -0.2) is 18.4 Å². The van der Waals surface area contributed by atoms with Gasteiger partial charge in [-0.3, -0.25) is 0 Å². The number of hydrogen-bond acceptors (Lipinski definition) is 4. The molecule has 1 rings (SSSR count). The fourth-order valence-electron chi connectivity index (χ4n) is 1.34. The summed E-state index contributed by atoms with van der Waals surface area (Å²) in [7, 11) is 0. The number of aliphatic carboxylic acids is 1. The molecule has 0 aliphatic rings. The van der Waals surface area contributed by atoms with Gasteiger partial charge in [-0.05, 0) is 19.1 Å². The molecule has 0 aliphatic heterocycles. The fraction of sp³-hybridized carbons (Fsp3) is 0.385. The van der Waals surface area contributed by atoms with Crippen LogP contribution in [-0.2, 0) is 4.79 Å². The van der Waals surface area contributed by atoms with Crippen molar-refractivity contribution in [2.45, 2.75) is 19.0 Å². The van der Waals surface area contributed by atoms with Gasteiger partial charge in [0.2, 0.25) is 0 Å². The second-order valence-corrected chi connectivity index (χ2v) is 4.58. The molecule has 0 aliphatic carbocycles. The smallest absolute Gasteiger partial charge is 0.337 e. The molecule has 0 aromatic heterocycles. The van der Waals surface area contributed by atoms with Gasteiger partial charge in [0.05, 0.1) is 12.2 Å². The van der Waals surface area contributed by atoms with Crippen molar-refractivity contribution in [2.24, 2.45) is 0 Å². The van der Waals surface area contributed by atoms with Crippen LogP contribution < -0.4 is 15.4 Å². The van der Waals surface area contributed by atoms with Crippen LogP contribution in [0.3, 0.4) is 0 Å². The Balaban J connectivity index is 2.63. The molecule has 7 nitrogen and oxygen atoms in total. The van der Waals surface area contributed by atoms with Crippen LogP contribution in [0.15, 0.2) is 24.3 Å². The normalized spacial score (nSPS) is 13.3. The third-order valence-electron chi connectivity index (χ3n) is 2.55. The van der Waals surface area contributed by atoms with E-state index in [-0.39, 0.29) is 11.4 Å². The number of carbonyl (C=O) groups excluding carboxylic acids is 1. The molecular weight excluding hydrogens is 302 g/mol. The number of hydrogen-bond donors (Lipinski definition) is 4. The summed E-state index contributed by atoms with van der Waals surface area (Å²) in [6.45, 7) is -0.336. The number of carboxylic acids is 1. The van der Waals surface area contributed by atoms with Gasteiger partial charge in [-0.1, -0.05) is 12.1 Å². The van der Waals surface area contributed by atoms with Crippen LogP contribution in [0.25, 0.3) is 0 Å². The van der Waals surface area contributed by atoms with E-state index in [1.54, 1.807) is 12.1 Å². The molecule has 0 saturated heterocycles. The van der Waals surface area contributed by atoms with Crippen molar-refractivity contribution in [2.75, 3.05) is 18.5 Å². The van der Waals surface area contributed by atoms with Crippen LogP contribution in [0.1, 0.15) is 6.92 Å². The molecule has 1 aromatic carbocycles.